The van der Waals surface area contributed by atoms with Crippen LogP contribution in [0.15, 0.2) is 24.3 Å². The van der Waals surface area contributed by atoms with E-state index in [1.54, 1.807) is 0 Å². The molecule has 3 N–H and O–H groups in total. The van der Waals surface area contributed by atoms with Crippen LogP contribution in [0, 0.1) is 5.92 Å². The molecular weight excluding hydrogens is 262 g/mol. The van der Waals surface area contributed by atoms with Crippen LogP contribution < -0.4 is 11.1 Å². The number of hydrogen-bond acceptors (Lipinski definition) is 3. The van der Waals surface area contributed by atoms with Crippen molar-refractivity contribution in [1.29, 1.82) is 0 Å². The van der Waals surface area contributed by atoms with Crippen LogP contribution >= 0.6 is 0 Å². The van der Waals surface area contributed by atoms with Gasteiger partial charge >= 0.3 is 0 Å². The first-order chi connectivity index (χ1) is 9.79. The topological polar surface area (TPSA) is 58.4 Å². The Kier molecular flexibility index (Phi) is 6.69. The summed E-state index contributed by atoms with van der Waals surface area (Å²) in [7, 11) is 0. The molecule has 0 bridgehead atoms. The second-order valence-corrected chi connectivity index (χ2v) is 6.34. The van der Waals surface area contributed by atoms with Gasteiger partial charge in [0.05, 0.1) is 6.54 Å². The SMILES string of the molecule is CC(C)C(C)NC(=O)CN(Cc1cccc(N)c1)C(C)C. The molecule has 0 fully saturated rings. The molecule has 21 heavy (non-hydrogen) atoms. The molecule has 1 rings (SSSR count). The zero-order valence-corrected chi connectivity index (χ0v) is 13.9. The Bertz CT molecular complexity index is 457. The Hall–Kier alpha value is -1.55. The highest BCUT2D eigenvalue weighted by Crippen LogP contribution is 2.11. The fraction of sp³-hybridized carbons (Fsp3) is 0.588. The molecule has 118 valence electrons. The van der Waals surface area contributed by atoms with Gasteiger partial charge in [0.2, 0.25) is 5.91 Å². The molecule has 0 aliphatic heterocycles. The van der Waals surface area contributed by atoms with Crippen molar-refractivity contribution < 1.29 is 4.79 Å². The van der Waals surface area contributed by atoms with Crippen LogP contribution in [0.25, 0.3) is 0 Å². The van der Waals surface area contributed by atoms with Crippen LogP contribution in [0.3, 0.4) is 0 Å². The molecule has 0 saturated carbocycles. The highest BCUT2D eigenvalue weighted by Gasteiger charge is 2.17. The molecule has 1 aromatic rings. The molecular formula is C17H29N3O. The van der Waals surface area contributed by atoms with Crippen LogP contribution in [0.1, 0.15) is 40.2 Å². The first kappa shape index (κ1) is 17.5. The Morgan fingerprint density at radius 2 is 1.90 bits per heavy atom. The monoisotopic (exact) mass is 291 g/mol. The minimum absolute atomic E-state index is 0.0776. The molecule has 1 aromatic carbocycles. The van der Waals surface area contributed by atoms with Gasteiger partial charge in [-0.3, -0.25) is 9.69 Å². The Morgan fingerprint density at radius 1 is 1.24 bits per heavy atom. The quantitative estimate of drug-likeness (QED) is 0.759. The maximum atomic E-state index is 12.2. The third-order valence-corrected chi connectivity index (χ3v) is 3.80. The van der Waals surface area contributed by atoms with Crippen LogP contribution in [-0.4, -0.2) is 29.4 Å². The number of benzene rings is 1. The van der Waals surface area contributed by atoms with Crippen molar-refractivity contribution >= 4 is 11.6 Å². The third-order valence-electron chi connectivity index (χ3n) is 3.80. The van der Waals surface area contributed by atoms with E-state index in [0.29, 0.717) is 18.5 Å². The molecule has 4 nitrogen and oxygen atoms in total. The van der Waals surface area contributed by atoms with Crippen molar-refractivity contribution in [2.24, 2.45) is 5.92 Å². The standard InChI is InChI=1S/C17H29N3O/c1-12(2)14(5)19-17(21)11-20(13(3)4)10-15-7-6-8-16(18)9-15/h6-9,12-14H,10-11,18H2,1-5H3,(H,19,21). The van der Waals surface area contributed by atoms with Gasteiger partial charge in [0.15, 0.2) is 0 Å². The summed E-state index contributed by atoms with van der Waals surface area (Å²) in [6.07, 6.45) is 0. The minimum Gasteiger partial charge on any atom is -0.399 e. The van der Waals surface area contributed by atoms with E-state index in [1.807, 2.05) is 31.2 Å². The largest absolute Gasteiger partial charge is 0.399 e. The Morgan fingerprint density at radius 3 is 2.43 bits per heavy atom. The van der Waals surface area contributed by atoms with E-state index in [0.717, 1.165) is 17.8 Å². The molecule has 0 aliphatic carbocycles. The number of anilines is 1. The van der Waals surface area contributed by atoms with Crippen molar-refractivity contribution in [1.82, 2.24) is 10.2 Å². The van der Waals surface area contributed by atoms with E-state index in [2.05, 4.69) is 37.9 Å². The fourth-order valence-corrected chi connectivity index (χ4v) is 2.00. The van der Waals surface area contributed by atoms with Crippen molar-refractivity contribution in [3.8, 4) is 0 Å². The van der Waals surface area contributed by atoms with Crippen molar-refractivity contribution in [2.75, 3.05) is 12.3 Å². The molecule has 0 heterocycles. The van der Waals surface area contributed by atoms with Crippen molar-refractivity contribution in [3.05, 3.63) is 29.8 Å². The highest BCUT2D eigenvalue weighted by molar-refractivity contribution is 5.78. The van der Waals surface area contributed by atoms with Crippen molar-refractivity contribution in [2.45, 2.75) is 53.2 Å². The number of nitrogen functional groups attached to an aromatic ring is 1. The Balaban J connectivity index is 2.64. The lowest BCUT2D eigenvalue weighted by molar-refractivity contribution is -0.123. The highest BCUT2D eigenvalue weighted by atomic mass is 16.2. The lowest BCUT2D eigenvalue weighted by Gasteiger charge is -2.27. The smallest absolute Gasteiger partial charge is 0.234 e. The van der Waals surface area contributed by atoms with Crippen molar-refractivity contribution in [3.63, 3.8) is 0 Å². The van der Waals surface area contributed by atoms with Gasteiger partial charge in [-0.1, -0.05) is 26.0 Å². The van der Waals surface area contributed by atoms with E-state index in [-0.39, 0.29) is 11.9 Å². The predicted molar refractivity (Wildman–Crippen MR) is 88.8 cm³/mol. The lowest BCUT2D eigenvalue weighted by atomic mass is 10.1. The maximum Gasteiger partial charge on any atom is 0.234 e. The minimum atomic E-state index is 0.0776. The van der Waals surface area contributed by atoms with Crippen LogP contribution in [-0.2, 0) is 11.3 Å². The van der Waals surface area contributed by atoms with E-state index in [1.165, 1.54) is 0 Å². The predicted octanol–water partition coefficient (Wildman–Crippen LogP) is 2.64. The first-order valence-electron chi connectivity index (χ1n) is 7.67. The summed E-state index contributed by atoms with van der Waals surface area (Å²) in [5, 5.41) is 3.06. The third kappa shape index (κ3) is 6.17. The number of nitrogens with one attached hydrogen (secondary N) is 1. The normalized spacial score (nSPS) is 13.0. The summed E-state index contributed by atoms with van der Waals surface area (Å²) in [5.74, 6) is 0.518. The van der Waals surface area contributed by atoms with Gasteiger partial charge in [-0.05, 0) is 44.4 Å². The molecule has 0 aromatic heterocycles. The number of rotatable bonds is 7. The lowest BCUT2D eigenvalue weighted by Crippen LogP contribution is -2.44. The molecule has 1 atom stereocenters. The molecule has 1 unspecified atom stereocenters. The molecule has 0 aliphatic rings. The van der Waals surface area contributed by atoms with E-state index in [4.69, 9.17) is 5.73 Å². The Labute approximate surface area is 128 Å². The van der Waals surface area contributed by atoms with E-state index in [9.17, 15) is 4.79 Å². The van der Waals surface area contributed by atoms with E-state index < -0.39 is 0 Å². The number of hydrogen-bond donors (Lipinski definition) is 2. The second-order valence-electron chi connectivity index (χ2n) is 6.34. The first-order valence-corrected chi connectivity index (χ1v) is 7.67. The van der Waals surface area contributed by atoms with Gasteiger partial charge in [0.25, 0.3) is 0 Å². The fourth-order valence-electron chi connectivity index (χ4n) is 2.00. The van der Waals surface area contributed by atoms with Crippen LogP contribution in [0.2, 0.25) is 0 Å². The number of carbonyl (C=O) groups excluding carboxylic acids is 1. The molecule has 0 saturated heterocycles. The zero-order valence-electron chi connectivity index (χ0n) is 13.9. The van der Waals surface area contributed by atoms with Gasteiger partial charge in [0, 0.05) is 24.3 Å². The number of amides is 1. The molecule has 0 spiro atoms. The summed E-state index contributed by atoms with van der Waals surface area (Å²) in [6, 6.07) is 8.32. The summed E-state index contributed by atoms with van der Waals surface area (Å²) < 4.78 is 0. The summed E-state index contributed by atoms with van der Waals surface area (Å²) in [4.78, 5) is 14.3. The van der Waals surface area contributed by atoms with E-state index >= 15 is 0 Å². The molecule has 0 radical (unpaired) electrons. The summed E-state index contributed by atoms with van der Waals surface area (Å²) >= 11 is 0. The van der Waals surface area contributed by atoms with Crippen LogP contribution in [0.5, 0.6) is 0 Å². The average molecular weight is 291 g/mol. The summed E-state index contributed by atoms with van der Waals surface area (Å²) in [5.41, 5.74) is 7.70. The van der Waals surface area contributed by atoms with Gasteiger partial charge in [0.1, 0.15) is 0 Å². The van der Waals surface area contributed by atoms with Crippen LogP contribution in [0.4, 0.5) is 5.69 Å². The van der Waals surface area contributed by atoms with Gasteiger partial charge in [-0.25, -0.2) is 0 Å². The number of nitrogens with two attached hydrogens (primary N) is 1. The van der Waals surface area contributed by atoms with Gasteiger partial charge < -0.3 is 11.1 Å². The molecule has 4 heteroatoms. The van der Waals surface area contributed by atoms with Gasteiger partial charge in [-0.2, -0.15) is 0 Å². The number of carbonyl (C=O) groups is 1. The zero-order chi connectivity index (χ0) is 16.0. The maximum absolute atomic E-state index is 12.2. The van der Waals surface area contributed by atoms with Gasteiger partial charge in [-0.15, -0.1) is 0 Å². The average Bonchev–Trinajstić information content (AvgIpc) is 2.37. The number of nitrogens with zero attached hydrogens (tertiary/aromatic N) is 1. The second kappa shape index (κ2) is 8.03. The molecule has 1 amide bonds. The summed E-state index contributed by atoms with van der Waals surface area (Å²) in [6.45, 7) is 11.6.